The molecule has 6 aromatic rings. The Kier molecular flexibility index (Phi) is 15.1. The van der Waals surface area contributed by atoms with Crippen LogP contribution in [0.4, 0.5) is 44.4 Å². The summed E-state index contributed by atoms with van der Waals surface area (Å²) in [6, 6.07) is 36.7. The zero-order valence-corrected chi connectivity index (χ0v) is 34.9. The molecule has 0 atom stereocenters. The van der Waals surface area contributed by atoms with Crippen LogP contribution in [0.1, 0.15) is 0 Å². The normalized spacial score (nSPS) is 11.1. The first-order valence-electron chi connectivity index (χ1n) is 15.0. The molecular weight excluding hydrogens is 792 g/mol. The van der Waals surface area contributed by atoms with Crippen LogP contribution < -0.4 is 18.9 Å². The SMILES string of the molecule is CN(c1ccccc1)c1ccc(N=Nc2scc[n+]2C)cc1.CN(c1ccccc1)c1ccc(N=Nc2scc[n+]2C)cc1.[Cl][Zn-2]([Cl])([Cl])[Cl]. The second-order valence-electron chi connectivity index (χ2n) is 10.4. The van der Waals surface area contributed by atoms with Gasteiger partial charge in [0, 0.05) is 47.6 Å². The first kappa shape index (κ1) is 38.5. The van der Waals surface area contributed by atoms with Crippen LogP contribution in [0.2, 0.25) is 0 Å². The molecule has 0 N–H and O–H groups in total. The summed E-state index contributed by atoms with van der Waals surface area (Å²) >= 11 is 3.14. The molecule has 252 valence electrons. The van der Waals surface area contributed by atoms with E-state index in [-0.39, 0.29) is 0 Å². The van der Waals surface area contributed by atoms with Gasteiger partial charge in [-0.15, -0.1) is 0 Å². The molecule has 0 bridgehead atoms. The second-order valence-corrected chi connectivity index (χ2v) is 39.9. The van der Waals surface area contributed by atoms with Gasteiger partial charge in [0.05, 0.1) is 24.3 Å². The fourth-order valence-electron chi connectivity index (χ4n) is 4.14. The standard InChI is InChI=1S/2C17H17N4S.4ClH.Zn/c2*1-20-12-13-22-17(20)19-18-14-8-10-16(11-9-14)21(2)15-6-4-3-5-7-15;;;;;/h2*3-13H,1-2H3;4*1H;/q2*+1;;;;;+2/p-4. The molecule has 0 spiro atoms. The Morgan fingerprint density at radius 1 is 0.490 bits per heavy atom. The van der Waals surface area contributed by atoms with Crippen molar-refractivity contribution in [2.24, 2.45) is 34.6 Å². The third-order valence-electron chi connectivity index (χ3n) is 6.78. The molecule has 8 nitrogen and oxygen atoms in total. The summed E-state index contributed by atoms with van der Waals surface area (Å²) in [5.41, 5.74) is 6.24. The van der Waals surface area contributed by atoms with E-state index in [1.165, 1.54) is 0 Å². The zero-order chi connectivity index (χ0) is 35.2. The number of thiazole rings is 2. The number of nitrogens with zero attached hydrogens (tertiary/aromatic N) is 8. The van der Waals surface area contributed by atoms with Crippen LogP contribution >= 0.6 is 61.4 Å². The third kappa shape index (κ3) is 13.2. The van der Waals surface area contributed by atoms with Crippen molar-refractivity contribution in [3.05, 3.63) is 132 Å². The predicted molar refractivity (Wildman–Crippen MR) is 205 cm³/mol. The number of rotatable bonds is 8. The van der Waals surface area contributed by atoms with E-state index in [1.54, 1.807) is 22.7 Å². The van der Waals surface area contributed by atoms with Crippen LogP contribution in [0.25, 0.3) is 0 Å². The van der Waals surface area contributed by atoms with Crippen LogP contribution in [-0.4, -0.2) is 14.1 Å². The molecule has 49 heavy (non-hydrogen) atoms. The second kappa shape index (κ2) is 19.2. The van der Waals surface area contributed by atoms with Crippen LogP contribution in [-0.2, 0) is 24.9 Å². The average molecular weight is 826 g/mol. The van der Waals surface area contributed by atoms with Crippen molar-refractivity contribution in [2.45, 2.75) is 0 Å². The molecule has 0 saturated carbocycles. The Labute approximate surface area is 314 Å². The van der Waals surface area contributed by atoms with Crippen molar-refractivity contribution in [3.63, 3.8) is 0 Å². The quantitative estimate of drug-likeness (QED) is 0.0872. The maximum absolute atomic E-state index is 5.05. The number of hydrogen-bond acceptors (Lipinski definition) is 8. The van der Waals surface area contributed by atoms with E-state index in [4.69, 9.17) is 38.8 Å². The molecule has 0 amide bonds. The molecule has 0 fully saturated rings. The molecule has 2 aromatic heterocycles. The van der Waals surface area contributed by atoms with E-state index in [2.05, 4.69) is 92.9 Å². The van der Waals surface area contributed by atoms with Gasteiger partial charge in [0.15, 0.2) is 0 Å². The van der Waals surface area contributed by atoms with Crippen molar-refractivity contribution >= 4 is 106 Å². The van der Waals surface area contributed by atoms with E-state index in [0.29, 0.717) is 0 Å². The van der Waals surface area contributed by atoms with Crippen molar-refractivity contribution < 1.29 is 19.9 Å². The average Bonchev–Trinajstić information content (AvgIpc) is 3.73. The maximum atomic E-state index is 5.05. The number of halogens is 4. The fraction of sp³-hybridized carbons (Fsp3) is 0.118. The van der Waals surface area contributed by atoms with Crippen molar-refractivity contribution in [1.82, 2.24) is 0 Å². The summed E-state index contributed by atoms with van der Waals surface area (Å²) in [6.45, 7) is 0. The van der Waals surface area contributed by atoms with E-state index < -0.39 is 10.8 Å². The summed E-state index contributed by atoms with van der Waals surface area (Å²) < 4.78 is 3.90. The zero-order valence-electron chi connectivity index (χ0n) is 27.3. The Bertz CT molecular complexity index is 1780. The number of anilines is 4. The van der Waals surface area contributed by atoms with Crippen LogP contribution in [0.15, 0.2) is 153 Å². The summed E-state index contributed by atoms with van der Waals surface area (Å²) in [5, 5.41) is 22.8. The predicted octanol–water partition coefficient (Wildman–Crippen LogP) is 12.3. The number of azo groups is 2. The first-order valence-corrected chi connectivity index (χ1v) is 32.4. The fourth-order valence-corrected chi connectivity index (χ4v) is 5.50. The van der Waals surface area contributed by atoms with Crippen LogP contribution in [0, 0.1) is 0 Å². The van der Waals surface area contributed by atoms with Gasteiger partial charge in [-0.3, -0.25) is 0 Å². The summed E-state index contributed by atoms with van der Waals surface area (Å²) in [4.78, 5) is 4.28. The van der Waals surface area contributed by atoms with E-state index in [1.807, 2.05) is 107 Å². The number of aryl methyl sites for hydroxylation is 2. The number of benzene rings is 4. The number of hydrogen-bond donors (Lipinski definition) is 0. The molecule has 0 radical (unpaired) electrons. The van der Waals surface area contributed by atoms with Gasteiger partial charge in [-0.25, -0.2) is 9.13 Å². The molecule has 0 aliphatic carbocycles. The number of para-hydroxylation sites is 2. The summed E-state index contributed by atoms with van der Waals surface area (Å²) in [5.74, 6) is 0. The Hall–Kier alpha value is -3.28. The van der Waals surface area contributed by atoms with Gasteiger partial charge in [-0.05, 0) is 106 Å². The van der Waals surface area contributed by atoms with Crippen molar-refractivity contribution in [2.75, 3.05) is 23.9 Å². The first-order chi connectivity index (χ1) is 23.5. The van der Waals surface area contributed by atoms with Gasteiger partial charge in [0.25, 0.3) is 0 Å². The van der Waals surface area contributed by atoms with Crippen LogP contribution in [0.5, 0.6) is 0 Å². The summed E-state index contributed by atoms with van der Waals surface area (Å²) in [7, 11) is 24.8. The minimum absolute atomic E-state index is 0.846. The molecule has 0 unspecified atom stereocenters. The molecule has 0 aliphatic heterocycles. The Morgan fingerprint density at radius 3 is 1.08 bits per heavy atom. The van der Waals surface area contributed by atoms with E-state index in [9.17, 15) is 0 Å². The topological polar surface area (TPSA) is 63.7 Å². The van der Waals surface area contributed by atoms with Crippen molar-refractivity contribution in [1.29, 1.82) is 0 Å². The van der Waals surface area contributed by atoms with Gasteiger partial charge in [0.2, 0.25) is 0 Å². The molecule has 6 rings (SSSR count). The van der Waals surface area contributed by atoms with Gasteiger partial charge in [-0.2, -0.15) is 0 Å². The summed E-state index contributed by atoms with van der Waals surface area (Å²) in [6.07, 6.45) is 3.94. The number of aromatic nitrogens is 2. The molecule has 0 saturated heterocycles. The Morgan fingerprint density at radius 2 is 0.796 bits per heavy atom. The molecule has 15 heteroatoms. The van der Waals surface area contributed by atoms with Gasteiger partial charge >= 0.3 is 59.8 Å². The molecular formula is C34H34Cl4N8S2Zn. The van der Waals surface area contributed by atoms with Crippen molar-refractivity contribution in [3.8, 4) is 0 Å². The van der Waals surface area contributed by atoms with E-state index in [0.717, 1.165) is 44.4 Å². The third-order valence-corrected chi connectivity index (χ3v) is 8.46. The molecule has 0 aliphatic rings. The van der Waals surface area contributed by atoms with Gasteiger partial charge in [-0.1, -0.05) is 36.4 Å². The van der Waals surface area contributed by atoms with Crippen LogP contribution in [0.3, 0.4) is 0 Å². The van der Waals surface area contributed by atoms with E-state index >= 15 is 0 Å². The molecule has 2 heterocycles. The molecule has 4 aromatic carbocycles. The minimum atomic E-state index is -3.36. The van der Waals surface area contributed by atoms with Gasteiger partial charge < -0.3 is 9.80 Å². The monoisotopic (exact) mass is 822 g/mol. The van der Waals surface area contributed by atoms with Gasteiger partial charge in [0.1, 0.15) is 23.8 Å². The Balaban J connectivity index is 0.000000194.